The molecule has 11 heteroatoms. The van der Waals surface area contributed by atoms with Crippen LogP contribution in [0.1, 0.15) is 15.9 Å². The summed E-state index contributed by atoms with van der Waals surface area (Å²) in [5.74, 6) is -1.13. The van der Waals surface area contributed by atoms with Crippen molar-refractivity contribution in [2.24, 2.45) is 0 Å². The van der Waals surface area contributed by atoms with Gasteiger partial charge in [-0.1, -0.05) is 23.7 Å². The first-order valence-electron chi connectivity index (χ1n) is 8.99. The number of rotatable bonds is 6. The van der Waals surface area contributed by atoms with Crippen LogP contribution in [0, 0.1) is 6.92 Å². The third-order valence-electron chi connectivity index (χ3n) is 4.10. The molecule has 0 saturated carbocycles. The Kier molecular flexibility index (Phi) is 6.65. The van der Waals surface area contributed by atoms with E-state index in [1.165, 1.54) is 24.3 Å². The normalized spacial score (nSPS) is 11.7. The van der Waals surface area contributed by atoms with Gasteiger partial charge in [0.05, 0.1) is 5.02 Å². The van der Waals surface area contributed by atoms with Gasteiger partial charge in [0.2, 0.25) is 0 Å². The Balaban J connectivity index is 1.79. The quantitative estimate of drug-likeness (QED) is 0.477. The minimum Gasteiger partial charge on any atom is -0.406 e. The van der Waals surface area contributed by atoms with Crippen molar-refractivity contribution in [1.29, 1.82) is 0 Å². The summed E-state index contributed by atoms with van der Waals surface area (Å²) in [7, 11) is -4.10. The molecule has 3 aromatic rings. The smallest absolute Gasteiger partial charge is 0.406 e. The van der Waals surface area contributed by atoms with E-state index in [4.69, 9.17) is 11.6 Å². The zero-order chi connectivity index (χ0) is 23.5. The van der Waals surface area contributed by atoms with Crippen molar-refractivity contribution < 1.29 is 31.1 Å². The van der Waals surface area contributed by atoms with Gasteiger partial charge in [0.25, 0.3) is 15.9 Å². The van der Waals surface area contributed by atoms with Gasteiger partial charge in [0.15, 0.2) is 0 Å². The summed E-state index contributed by atoms with van der Waals surface area (Å²) in [5, 5.41) is 2.38. The van der Waals surface area contributed by atoms with E-state index in [1.807, 2.05) is 0 Å². The van der Waals surface area contributed by atoms with E-state index >= 15 is 0 Å². The van der Waals surface area contributed by atoms with Gasteiger partial charge in [-0.2, -0.15) is 0 Å². The number of ether oxygens (including phenoxy) is 1. The first-order valence-corrected chi connectivity index (χ1v) is 10.9. The summed E-state index contributed by atoms with van der Waals surface area (Å²) >= 11 is 6.06. The summed E-state index contributed by atoms with van der Waals surface area (Å²) in [5.41, 5.74) is 1.34. The molecule has 0 fully saturated rings. The Morgan fingerprint density at radius 1 is 0.969 bits per heavy atom. The summed E-state index contributed by atoms with van der Waals surface area (Å²) in [6, 6.07) is 14.9. The number of hydrogen-bond acceptors (Lipinski definition) is 4. The van der Waals surface area contributed by atoms with Gasteiger partial charge in [0, 0.05) is 16.9 Å². The van der Waals surface area contributed by atoms with Crippen LogP contribution in [0.15, 0.2) is 71.6 Å². The minimum absolute atomic E-state index is 0.0189. The van der Waals surface area contributed by atoms with Crippen LogP contribution in [0.4, 0.5) is 24.5 Å². The van der Waals surface area contributed by atoms with Crippen LogP contribution in [0.2, 0.25) is 5.02 Å². The molecule has 0 spiro atoms. The maximum Gasteiger partial charge on any atom is 0.573 e. The van der Waals surface area contributed by atoms with Crippen molar-refractivity contribution in [2.45, 2.75) is 18.2 Å². The number of carbonyl (C=O) groups is 1. The molecule has 0 atom stereocenters. The van der Waals surface area contributed by atoms with Crippen LogP contribution in [0.5, 0.6) is 5.75 Å². The third kappa shape index (κ3) is 6.14. The molecule has 0 aliphatic carbocycles. The van der Waals surface area contributed by atoms with Crippen molar-refractivity contribution in [1.82, 2.24) is 0 Å². The van der Waals surface area contributed by atoms with E-state index in [2.05, 4.69) is 14.8 Å². The zero-order valence-electron chi connectivity index (χ0n) is 16.4. The first kappa shape index (κ1) is 23.4. The predicted octanol–water partition coefficient (Wildman–Crippen LogP) is 5.60. The number of benzene rings is 3. The molecule has 2 N–H and O–H groups in total. The van der Waals surface area contributed by atoms with Gasteiger partial charge in [-0.3, -0.25) is 9.52 Å². The van der Waals surface area contributed by atoms with Crippen LogP contribution in [0.25, 0.3) is 0 Å². The SMILES string of the molecule is Cc1cccc(NS(=O)(=O)c2cc(C(=O)Nc3ccc(OC(F)(F)F)cc3)ccc2Cl)c1. The zero-order valence-corrected chi connectivity index (χ0v) is 18.0. The maximum atomic E-state index is 12.8. The summed E-state index contributed by atoms with van der Waals surface area (Å²) in [6.45, 7) is 1.80. The van der Waals surface area contributed by atoms with Gasteiger partial charge in [-0.25, -0.2) is 8.42 Å². The molecule has 0 aliphatic rings. The van der Waals surface area contributed by atoms with Gasteiger partial charge in [-0.15, -0.1) is 13.2 Å². The fourth-order valence-electron chi connectivity index (χ4n) is 2.71. The predicted molar refractivity (Wildman–Crippen MR) is 115 cm³/mol. The Morgan fingerprint density at radius 3 is 2.28 bits per heavy atom. The van der Waals surface area contributed by atoms with Crippen LogP contribution >= 0.6 is 11.6 Å². The van der Waals surface area contributed by atoms with Gasteiger partial charge < -0.3 is 10.1 Å². The standard InChI is InChI=1S/C21H16ClF3N2O4S/c1-13-3-2-4-16(11-13)27-32(29,30)19-12-14(5-10-18(19)22)20(28)26-15-6-8-17(9-7-15)31-21(23,24)25/h2-12,27H,1H3,(H,26,28). The van der Waals surface area contributed by atoms with E-state index in [-0.39, 0.29) is 21.2 Å². The maximum absolute atomic E-state index is 12.8. The second kappa shape index (κ2) is 9.09. The van der Waals surface area contributed by atoms with Crippen molar-refractivity contribution in [2.75, 3.05) is 10.0 Å². The number of amides is 1. The first-order chi connectivity index (χ1) is 14.9. The fourth-order valence-corrected chi connectivity index (χ4v) is 4.29. The number of aryl methyl sites for hydroxylation is 1. The van der Waals surface area contributed by atoms with Crippen LogP contribution < -0.4 is 14.8 Å². The molecule has 168 valence electrons. The molecule has 3 aromatic carbocycles. The number of halogens is 4. The Hall–Kier alpha value is -3.24. The Labute approximate surface area is 187 Å². The number of hydrogen-bond donors (Lipinski definition) is 2. The third-order valence-corrected chi connectivity index (χ3v) is 5.96. The molecule has 6 nitrogen and oxygen atoms in total. The van der Waals surface area contributed by atoms with Gasteiger partial charge in [-0.05, 0) is 67.1 Å². The van der Waals surface area contributed by atoms with Crippen molar-refractivity contribution in [3.63, 3.8) is 0 Å². The lowest BCUT2D eigenvalue weighted by atomic mass is 10.2. The highest BCUT2D eigenvalue weighted by molar-refractivity contribution is 7.92. The minimum atomic E-state index is -4.83. The highest BCUT2D eigenvalue weighted by atomic mass is 35.5. The molecule has 32 heavy (non-hydrogen) atoms. The molecule has 0 heterocycles. The molecule has 0 unspecified atom stereocenters. The Morgan fingerprint density at radius 2 is 1.66 bits per heavy atom. The van der Waals surface area contributed by atoms with Crippen molar-refractivity contribution in [3.05, 3.63) is 82.9 Å². The summed E-state index contributed by atoms with van der Waals surface area (Å²) in [4.78, 5) is 12.2. The average Bonchev–Trinajstić information content (AvgIpc) is 2.68. The molecule has 0 aliphatic heterocycles. The van der Waals surface area contributed by atoms with Crippen molar-refractivity contribution in [3.8, 4) is 5.75 Å². The monoisotopic (exact) mass is 484 g/mol. The topological polar surface area (TPSA) is 84.5 Å². The number of anilines is 2. The molecule has 3 rings (SSSR count). The summed E-state index contributed by atoms with van der Waals surface area (Å²) < 4.78 is 68.5. The lowest BCUT2D eigenvalue weighted by Gasteiger charge is -2.12. The van der Waals surface area contributed by atoms with E-state index in [0.29, 0.717) is 5.69 Å². The van der Waals surface area contributed by atoms with E-state index < -0.39 is 28.0 Å². The molecule has 0 bridgehead atoms. The van der Waals surface area contributed by atoms with Gasteiger partial charge >= 0.3 is 6.36 Å². The largest absolute Gasteiger partial charge is 0.573 e. The number of carbonyl (C=O) groups excluding carboxylic acids is 1. The number of sulfonamides is 1. The van der Waals surface area contributed by atoms with Crippen LogP contribution in [-0.2, 0) is 10.0 Å². The van der Waals surface area contributed by atoms with E-state index in [9.17, 15) is 26.4 Å². The highest BCUT2D eigenvalue weighted by Crippen LogP contribution is 2.27. The van der Waals surface area contributed by atoms with Gasteiger partial charge in [0.1, 0.15) is 10.6 Å². The second-order valence-corrected chi connectivity index (χ2v) is 8.70. The molecular weight excluding hydrogens is 469 g/mol. The second-order valence-electron chi connectivity index (χ2n) is 6.65. The lowest BCUT2D eigenvalue weighted by molar-refractivity contribution is -0.274. The lowest BCUT2D eigenvalue weighted by Crippen LogP contribution is -2.17. The number of alkyl halides is 3. The average molecular weight is 485 g/mol. The molecular formula is C21H16ClF3N2O4S. The highest BCUT2D eigenvalue weighted by Gasteiger charge is 2.31. The van der Waals surface area contributed by atoms with Crippen LogP contribution in [0.3, 0.4) is 0 Å². The van der Waals surface area contributed by atoms with Crippen LogP contribution in [-0.4, -0.2) is 20.7 Å². The molecule has 0 saturated heterocycles. The fraction of sp³-hybridized carbons (Fsp3) is 0.0952. The number of nitrogens with one attached hydrogen (secondary N) is 2. The van der Waals surface area contributed by atoms with E-state index in [1.54, 1.807) is 31.2 Å². The molecule has 0 aromatic heterocycles. The summed E-state index contributed by atoms with van der Waals surface area (Å²) in [6.07, 6.45) is -4.83. The molecule has 0 radical (unpaired) electrons. The molecule has 1 amide bonds. The van der Waals surface area contributed by atoms with E-state index in [0.717, 1.165) is 23.8 Å². The Bertz CT molecular complexity index is 1250. The van der Waals surface area contributed by atoms with Crippen molar-refractivity contribution >= 4 is 38.9 Å².